The molecule has 1 unspecified atom stereocenters. The van der Waals surface area contributed by atoms with Crippen LogP contribution in [0.2, 0.25) is 0 Å². The topological polar surface area (TPSA) is 42.7 Å². The Labute approximate surface area is 74.9 Å². The lowest BCUT2D eigenvalue weighted by atomic mass is 10.1. The molecule has 0 fully saturated rings. The zero-order valence-electron chi connectivity index (χ0n) is 7.75. The molecule has 0 saturated heterocycles. The summed E-state index contributed by atoms with van der Waals surface area (Å²) in [6, 6.07) is -1.08. The van der Waals surface area contributed by atoms with Crippen molar-refractivity contribution in [1.29, 1.82) is 0 Å². The summed E-state index contributed by atoms with van der Waals surface area (Å²) in [5.74, 6) is -2.84. The molecule has 0 radical (unpaired) electrons. The first-order valence-electron chi connectivity index (χ1n) is 3.86. The molecule has 0 aliphatic rings. The second-order valence-corrected chi connectivity index (χ2v) is 3.00. The smallest absolute Gasteiger partial charge is 0.266 e. The Morgan fingerprint density at radius 3 is 2.54 bits per heavy atom. The van der Waals surface area contributed by atoms with E-state index in [0.717, 1.165) is 6.92 Å². The molecule has 74 valence electrons. The molecule has 0 amide bonds. The number of halogens is 2. The Bertz CT molecular complexity index is 278. The summed E-state index contributed by atoms with van der Waals surface area (Å²) in [4.78, 5) is 0. The van der Waals surface area contributed by atoms with Crippen molar-refractivity contribution >= 4 is 0 Å². The maximum atomic E-state index is 12.9. The first-order valence-corrected chi connectivity index (χ1v) is 3.86. The van der Waals surface area contributed by atoms with E-state index in [2.05, 4.69) is 15.6 Å². The van der Waals surface area contributed by atoms with Gasteiger partial charge in [0, 0.05) is 20.2 Å². The van der Waals surface area contributed by atoms with Crippen LogP contribution in [0, 0.1) is 0 Å². The lowest BCUT2D eigenvalue weighted by Crippen LogP contribution is -2.33. The Morgan fingerprint density at radius 1 is 1.62 bits per heavy atom. The van der Waals surface area contributed by atoms with Crippen molar-refractivity contribution in [3.8, 4) is 0 Å². The third kappa shape index (κ3) is 2.21. The molecule has 0 aliphatic heterocycles. The second-order valence-electron chi connectivity index (χ2n) is 3.00. The fourth-order valence-electron chi connectivity index (χ4n) is 1.16. The lowest BCUT2D eigenvalue weighted by molar-refractivity contribution is -0.0183. The predicted octanol–water partition coefficient (Wildman–Crippen LogP) is 0.731. The fourth-order valence-corrected chi connectivity index (χ4v) is 1.16. The molecule has 0 bridgehead atoms. The number of nitrogens with one attached hydrogen (secondary N) is 1. The Balaban J connectivity index is 2.91. The van der Waals surface area contributed by atoms with Crippen molar-refractivity contribution < 1.29 is 8.78 Å². The molecule has 1 N–H and O–H groups in total. The maximum absolute atomic E-state index is 12.9. The number of hydrogen-bond donors (Lipinski definition) is 1. The molecular formula is C7H12F2N4. The van der Waals surface area contributed by atoms with Crippen LogP contribution < -0.4 is 5.32 Å². The zero-order valence-corrected chi connectivity index (χ0v) is 7.75. The highest BCUT2D eigenvalue weighted by Gasteiger charge is 2.36. The highest BCUT2D eigenvalue weighted by molar-refractivity contribution is 5.04. The van der Waals surface area contributed by atoms with Crippen LogP contribution in [0.4, 0.5) is 8.78 Å². The number of alkyl halides is 2. The van der Waals surface area contributed by atoms with Gasteiger partial charge in [-0.2, -0.15) is 0 Å². The molecule has 1 aromatic heterocycles. The molecule has 1 atom stereocenters. The summed E-state index contributed by atoms with van der Waals surface area (Å²) in [6.07, 6.45) is 1.47. The van der Waals surface area contributed by atoms with E-state index in [1.807, 2.05) is 0 Å². The van der Waals surface area contributed by atoms with E-state index in [1.165, 1.54) is 17.9 Å². The average Bonchev–Trinajstić information content (AvgIpc) is 2.34. The van der Waals surface area contributed by atoms with E-state index in [0.29, 0.717) is 0 Å². The Morgan fingerprint density at radius 2 is 2.23 bits per heavy atom. The lowest BCUT2D eigenvalue weighted by Gasteiger charge is -2.20. The average molecular weight is 190 g/mol. The predicted molar refractivity (Wildman–Crippen MR) is 43.4 cm³/mol. The number of nitrogens with zero attached hydrogens (tertiary/aromatic N) is 3. The SMILES string of the molecule is CNC(c1cn(C)nn1)C(C)(F)F. The van der Waals surface area contributed by atoms with Crippen LogP contribution in [0.3, 0.4) is 0 Å². The van der Waals surface area contributed by atoms with E-state index >= 15 is 0 Å². The summed E-state index contributed by atoms with van der Waals surface area (Å²) >= 11 is 0. The van der Waals surface area contributed by atoms with E-state index in [4.69, 9.17) is 0 Å². The van der Waals surface area contributed by atoms with Gasteiger partial charge >= 0.3 is 0 Å². The van der Waals surface area contributed by atoms with Gasteiger partial charge in [0.15, 0.2) is 0 Å². The molecule has 0 spiro atoms. The Hall–Kier alpha value is -1.04. The van der Waals surface area contributed by atoms with Crippen LogP contribution in [-0.2, 0) is 7.05 Å². The number of hydrogen-bond acceptors (Lipinski definition) is 3. The minimum atomic E-state index is -2.84. The molecule has 1 aromatic rings. The van der Waals surface area contributed by atoms with Crippen LogP contribution in [0.5, 0.6) is 0 Å². The van der Waals surface area contributed by atoms with Crippen molar-refractivity contribution in [2.75, 3.05) is 7.05 Å². The fraction of sp³-hybridized carbons (Fsp3) is 0.714. The first-order chi connectivity index (χ1) is 5.95. The minimum Gasteiger partial charge on any atom is -0.307 e. The van der Waals surface area contributed by atoms with Crippen LogP contribution in [0.15, 0.2) is 6.20 Å². The molecular weight excluding hydrogens is 178 g/mol. The van der Waals surface area contributed by atoms with Gasteiger partial charge in [-0.3, -0.25) is 4.68 Å². The van der Waals surface area contributed by atoms with Gasteiger partial charge in [0.2, 0.25) is 0 Å². The second kappa shape index (κ2) is 3.37. The molecule has 4 nitrogen and oxygen atoms in total. The third-order valence-corrected chi connectivity index (χ3v) is 1.71. The van der Waals surface area contributed by atoms with E-state index in [-0.39, 0.29) is 5.69 Å². The molecule has 0 aromatic carbocycles. The van der Waals surface area contributed by atoms with Gasteiger partial charge in [-0.15, -0.1) is 5.10 Å². The molecule has 6 heteroatoms. The number of rotatable bonds is 3. The number of aryl methyl sites for hydroxylation is 1. The summed E-state index contributed by atoms with van der Waals surface area (Å²) in [7, 11) is 3.10. The summed E-state index contributed by atoms with van der Waals surface area (Å²) in [5, 5.41) is 9.72. The highest BCUT2D eigenvalue weighted by Crippen LogP contribution is 2.28. The van der Waals surface area contributed by atoms with Crippen molar-refractivity contribution in [2.24, 2.45) is 7.05 Å². The van der Waals surface area contributed by atoms with Gasteiger partial charge in [-0.25, -0.2) is 8.78 Å². The van der Waals surface area contributed by atoms with Crippen LogP contribution in [0.25, 0.3) is 0 Å². The number of aromatic nitrogens is 3. The zero-order chi connectivity index (χ0) is 10.1. The third-order valence-electron chi connectivity index (χ3n) is 1.71. The highest BCUT2D eigenvalue weighted by atomic mass is 19.3. The van der Waals surface area contributed by atoms with Crippen molar-refractivity contribution in [2.45, 2.75) is 18.9 Å². The van der Waals surface area contributed by atoms with E-state index in [1.54, 1.807) is 7.05 Å². The summed E-state index contributed by atoms with van der Waals surface area (Å²) in [6.45, 7) is 0.850. The largest absolute Gasteiger partial charge is 0.307 e. The summed E-state index contributed by atoms with van der Waals surface area (Å²) in [5.41, 5.74) is 0.248. The Kier molecular flexibility index (Phi) is 2.60. The standard InChI is InChI=1S/C7H12F2N4/c1-7(8,9)6(10-2)5-4-13(3)12-11-5/h4,6,10H,1-3H3. The van der Waals surface area contributed by atoms with E-state index < -0.39 is 12.0 Å². The molecule has 1 heterocycles. The minimum absolute atomic E-state index is 0.248. The van der Waals surface area contributed by atoms with Gasteiger partial charge < -0.3 is 5.32 Å². The van der Waals surface area contributed by atoms with Crippen molar-refractivity contribution in [3.63, 3.8) is 0 Å². The molecule has 0 aliphatic carbocycles. The normalized spacial score (nSPS) is 14.5. The van der Waals surface area contributed by atoms with Crippen LogP contribution in [0.1, 0.15) is 18.7 Å². The van der Waals surface area contributed by atoms with Gasteiger partial charge in [-0.1, -0.05) is 5.21 Å². The monoisotopic (exact) mass is 190 g/mol. The van der Waals surface area contributed by atoms with Gasteiger partial charge in [0.1, 0.15) is 11.7 Å². The summed E-state index contributed by atoms with van der Waals surface area (Å²) < 4.78 is 27.3. The van der Waals surface area contributed by atoms with E-state index in [9.17, 15) is 8.78 Å². The van der Waals surface area contributed by atoms with Crippen molar-refractivity contribution in [1.82, 2.24) is 20.3 Å². The van der Waals surface area contributed by atoms with Crippen molar-refractivity contribution in [3.05, 3.63) is 11.9 Å². The van der Waals surface area contributed by atoms with Gasteiger partial charge in [-0.05, 0) is 7.05 Å². The van der Waals surface area contributed by atoms with Gasteiger partial charge in [0.05, 0.1) is 0 Å². The van der Waals surface area contributed by atoms with Gasteiger partial charge in [0.25, 0.3) is 5.92 Å². The maximum Gasteiger partial charge on any atom is 0.266 e. The molecule has 1 rings (SSSR count). The van der Waals surface area contributed by atoms with Crippen LogP contribution in [-0.4, -0.2) is 28.0 Å². The quantitative estimate of drug-likeness (QED) is 0.764. The molecule has 0 saturated carbocycles. The van der Waals surface area contributed by atoms with Crippen LogP contribution >= 0.6 is 0 Å². The first kappa shape index (κ1) is 10.0. The molecule has 13 heavy (non-hydrogen) atoms.